The molecular weight excluding hydrogens is 200 g/mol. The van der Waals surface area contributed by atoms with E-state index in [4.69, 9.17) is 4.74 Å². The Balaban J connectivity index is 2.02. The first-order chi connectivity index (χ1) is 7.78. The van der Waals surface area contributed by atoms with E-state index in [-0.39, 0.29) is 0 Å². The van der Waals surface area contributed by atoms with Gasteiger partial charge in [0.2, 0.25) is 0 Å². The SMILES string of the molecule is COc1ccc2c(c1)CC1=C2CCC(=O)C1. The molecule has 0 radical (unpaired) electrons. The number of allylic oxidation sites excluding steroid dienone is 2. The lowest BCUT2D eigenvalue weighted by atomic mass is 9.91. The first kappa shape index (κ1) is 9.64. The minimum atomic E-state index is 0.388. The van der Waals surface area contributed by atoms with Crippen LogP contribution in [0.25, 0.3) is 5.57 Å². The molecule has 0 heterocycles. The molecule has 0 unspecified atom stereocenters. The number of hydrogen-bond donors (Lipinski definition) is 0. The Bertz CT molecular complexity index is 497. The molecule has 1 aromatic rings. The van der Waals surface area contributed by atoms with E-state index in [9.17, 15) is 4.79 Å². The van der Waals surface area contributed by atoms with Gasteiger partial charge in [-0.05, 0) is 41.7 Å². The lowest BCUT2D eigenvalue weighted by Crippen LogP contribution is -2.06. The average molecular weight is 214 g/mol. The van der Waals surface area contributed by atoms with Gasteiger partial charge in [-0.15, -0.1) is 0 Å². The molecule has 0 fully saturated rings. The molecule has 3 rings (SSSR count). The first-order valence-electron chi connectivity index (χ1n) is 5.68. The van der Waals surface area contributed by atoms with Crippen LogP contribution in [-0.2, 0) is 11.2 Å². The van der Waals surface area contributed by atoms with Crippen molar-refractivity contribution < 1.29 is 9.53 Å². The van der Waals surface area contributed by atoms with E-state index in [1.54, 1.807) is 7.11 Å². The normalized spacial score (nSPS) is 18.4. The van der Waals surface area contributed by atoms with Crippen molar-refractivity contribution in [3.8, 4) is 5.75 Å². The van der Waals surface area contributed by atoms with Gasteiger partial charge in [0.25, 0.3) is 0 Å². The number of carbonyl (C=O) groups is 1. The average Bonchev–Trinajstić information content (AvgIpc) is 2.64. The van der Waals surface area contributed by atoms with Gasteiger partial charge in [-0.1, -0.05) is 11.6 Å². The largest absolute Gasteiger partial charge is 0.497 e. The second-order valence-corrected chi connectivity index (χ2v) is 4.50. The lowest BCUT2D eigenvalue weighted by Gasteiger charge is -2.13. The van der Waals surface area contributed by atoms with Gasteiger partial charge in [-0.2, -0.15) is 0 Å². The molecule has 2 aliphatic carbocycles. The Labute approximate surface area is 94.9 Å². The molecule has 0 atom stereocenters. The first-order valence-corrected chi connectivity index (χ1v) is 5.68. The monoisotopic (exact) mass is 214 g/mol. The second kappa shape index (κ2) is 3.48. The highest BCUT2D eigenvalue weighted by Crippen LogP contribution is 2.41. The van der Waals surface area contributed by atoms with Gasteiger partial charge in [0.05, 0.1) is 7.11 Å². The quantitative estimate of drug-likeness (QED) is 0.718. The van der Waals surface area contributed by atoms with Crippen molar-refractivity contribution >= 4 is 11.4 Å². The second-order valence-electron chi connectivity index (χ2n) is 4.50. The molecule has 16 heavy (non-hydrogen) atoms. The van der Waals surface area contributed by atoms with Gasteiger partial charge in [-0.3, -0.25) is 4.79 Å². The highest BCUT2D eigenvalue weighted by molar-refractivity contribution is 5.91. The molecule has 0 aromatic heterocycles. The summed E-state index contributed by atoms with van der Waals surface area (Å²) in [6.07, 6.45) is 3.23. The minimum Gasteiger partial charge on any atom is -0.497 e. The van der Waals surface area contributed by atoms with Crippen LogP contribution in [0.2, 0.25) is 0 Å². The van der Waals surface area contributed by atoms with Gasteiger partial charge in [0.1, 0.15) is 11.5 Å². The summed E-state index contributed by atoms with van der Waals surface area (Å²) in [4.78, 5) is 11.4. The Morgan fingerprint density at radius 2 is 2.06 bits per heavy atom. The van der Waals surface area contributed by atoms with Crippen molar-refractivity contribution in [1.82, 2.24) is 0 Å². The molecule has 2 heteroatoms. The Kier molecular flexibility index (Phi) is 2.10. The molecule has 2 nitrogen and oxygen atoms in total. The fourth-order valence-corrected chi connectivity index (χ4v) is 2.74. The smallest absolute Gasteiger partial charge is 0.137 e. The maximum absolute atomic E-state index is 11.4. The predicted octanol–water partition coefficient (Wildman–Crippen LogP) is 2.76. The predicted molar refractivity (Wildman–Crippen MR) is 62.5 cm³/mol. The van der Waals surface area contributed by atoms with Crippen LogP contribution in [0.3, 0.4) is 0 Å². The molecule has 2 aliphatic rings. The minimum absolute atomic E-state index is 0.388. The molecule has 82 valence electrons. The van der Waals surface area contributed by atoms with Crippen molar-refractivity contribution in [1.29, 1.82) is 0 Å². The van der Waals surface area contributed by atoms with Crippen LogP contribution in [-0.4, -0.2) is 12.9 Å². The zero-order chi connectivity index (χ0) is 11.1. The molecule has 0 N–H and O–H groups in total. The number of hydrogen-bond acceptors (Lipinski definition) is 2. The number of ketones is 1. The van der Waals surface area contributed by atoms with Crippen molar-refractivity contribution in [2.45, 2.75) is 25.7 Å². The zero-order valence-electron chi connectivity index (χ0n) is 9.38. The number of Topliss-reactive ketones (excluding diaryl/α,β-unsaturated/α-hetero) is 1. The van der Waals surface area contributed by atoms with Gasteiger partial charge in [0, 0.05) is 12.8 Å². The number of benzene rings is 1. The standard InChI is InChI=1S/C14H14O2/c1-16-12-3-5-14-10(8-12)6-9-7-11(15)2-4-13(9)14/h3,5,8H,2,4,6-7H2,1H3. The molecule has 0 amide bonds. The van der Waals surface area contributed by atoms with E-state index >= 15 is 0 Å². The highest BCUT2D eigenvalue weighted by Gasteiger charge is 2.26. The zero-order valence-corrected chi connectivity index (χ0v) is 9.38. The maximum atomic E-state index is 11.4. The third-order valence-electron chi connectivity index (χ3n) is 3.53. The van der Waals surface area contributed by atoms with E-state index in [1.165, 1.54) is 22.3 Å². The van der Waals surface area contributed by atoms with Crippen molar-refractivity contribution in [3.63, 3.8) is 0 Å². The third-order valence-corrected chi connectivity index (χ3v) is 3.53. The summed E-state index contributed by atoms with van der Waals surface area (Å²) >= 11 is 0. The van der Waals surface area contributed by atoms with Gasteiger partial charge in [0.15, 0.2) is 0 Å². The number of ether oxygens (including phenoxy) is 1. The number of rotatable bonds is 1. The van der Waals surface area contributed by atoms with Crippen LogP contribution >= 0.6 is 0 Å². The van der Waals surface area contributed by atoms with Crippen LogP contribution in [0.5, 0.6) is 5.75 Å². The van der Waals surface area contributed by atoms with E-state index in [1.807, 2.05) is 6.07 Å². The summed E-state index contributed by atoms with van der Waals surface area (Å²) in [5.41, 5.74) is 5.40. The van der Waals surface area contributed by atoms with Crippen LogP contribution < -0.4 is 4.74 Å². The van der Waals surface area contributed by atoms with Gasteiger partial charge < -0.3 is 4.74 Å². The number of methoxy groups -OCH3 is 1. The van der Waals surface area contributed by atoms with E-state index in [2.05, 4.69) is 12.1 Å². The van der Waals surface area contributed by atoms with E-state index in [0.717, 1.165) is 18.6 Å². The molecular formula is C14H14O2. The Hall–Kier alpha value is -1.57. The summed E-state index contributed by atoms with van der Waals surface area (Å²) in [5.74, 6) is 1.29. The van der Waals surface area contributed by atoms with Crippen molar-refractivity contribution in [2.75, 3.05) is 7.11 Å². The van der Waals surface area contributed by atoms with Crippen LogP contribution in [0, 0.1) is 0 Å². The lowest BCUT2D eigenvalue weighted by molar-refractivity contribution is -0.118. The topological polar surface area (TPSA) is 26.3 Å². The molecule has 0 bridgehead atoms. The van der Waals surface area contributed by atoms with E-state index in [0.29, 0.717) is 18.6 Å². The summed E-state index contributed by atoms with van der Waals surface area (Å²) in [6, 6.07) is 6.23. The summed E-state index contributed by atoms with van der Waals surface area (Å²) in [7, 11) is 1.69. The van der Waals surface area contributed by atoms with E-state index < -0.39 is 0 Å². The molecule has 0 aliphatic heterocycles. The van der Waals surface area contributed by atoms with Gasteiger partial charge in [-0.25, -0.2) is 0 Å². The molecule has 0 saturated heterocycles. The van der Waals surface area contributed by atoms with Crippen molar-refractivity contribution in [3.05, 3.63) is 34.9 Å². The Morgan fingerprint density at radius 1 is 1.19 bits per heavy atom. The van der Waals surface area contributed by atoms with Crippen molar-refractivity contribution in [2.24, 2.45) is 0 Å². The molecule has 0 saturated carbocycles. The molecule has 0 spiro atoms. The summed E-state index contributed by atoms with van der Waals surface area (Å²) in [5, 5.41) is 0. The van der Waals surface area contributed by atoms with Crippen LogP contribution in [0.4, 0.5) is 0 Å². The summed E-state index contributed by atoms with van der Waals surface area (Å²) in [6.45, 7) is 0. The Morgan fingerprint density at radius 3 is 2.88 bits per heavy atom. The number of carbonyl (C=O) groups excluding carboxylic acids is 1. The fraction of sp³-hybridized carbons (Fsp3) is 0.357. The van der Waals surface area contributed by atoms with Crippen LogP contribution in [0.15, 0.2) is 23.8 Å². The number of fused-ring (bicyclic) bond motifs is 2. The third kappa shape index (κ3) is 1.37. The van der Waals surface area contributed by atoms with Crippen LogP contribution in [0.1, 0.15) is 30.4 Å². The maximum Gasteiger partial charge on any atom is 0.137 e. The molecule has 1 aromatic carbocycles. The highest BCUT2D eigenvalue weighted by atomic mass is 16.5. The van der Waals surface area contributed by atoms with Gasteiger partial charge >= 0.3 is 0 Å². The summed E-state index contributed by atoms with van der Waals surface area (Å²) < 4.78 is 5.23. The fourth-order valence-electron chi connectivity index (χ4n) is 2.74.